The van der Waals surface area contributed by atoms with Crippen LogP contribution in [0.25, 0.3) is 0 Å². The number of carbonyl (C=O) groups is 1. The van der Waals surface area contributed by atoms with Gasteiger partial charge in [0.05, 0.1) is 12.0 Å². The number of anilines is 1. The zero-order valence-electron chi connectivity index (χ0n) is 15.3. The van der Waals surface area contributed by atoms with Gasteiger partial charge in [0, 0.05) is 17.8 Å². The molecule has 3 rings (SSSR count). The van der Waals surface area contributed by atoms with Crippen LogP contribution in [0.4, 0.5) is 5.69 Å². The Morgan fingerprint density at radius 2 is 1.54 bits per heavy atom. The average molecular weight is 396 g/mol. The zero-order chi connectivity index (χ0) is 20.0. The van der Waals surface area contributed by atoms with Gasteiger partial charge in [-0.2, -0.15) is 0 Å². The summed E-state index contributed by atoms with van der Waals surface area (Å²) in [6.45, 7) is 0.207. The molecule has 0 saturated heterocycles. The summed E-state index contributed by atoms with van der Waals surface area (Å²) in [5.74, 6) is 0.370. The maximum atomic E-state index is 12.4. The molecule has 144 valence electrons. The zero-order valence-corrected chi connectivity index (χ0v) is 16.1. The lowest BCUT2D eigenvalue weighted by molar-refractivity contribution is 0.102. The molecule has 0 radical (unpaired) electrons. The third-order valence-corrected chi connectivity index (χ3v) is 5.50. The minimum atomic E-state index is -3.64. The summed E-state index contributed by atoms with van der Waals surface area (Å²) in [5.41, 5.74) is 1.85. The van der Waals surface area contributed by atoms with E-state index >= 15 is 0 Å². The molecule has 1 amide bonds. The quantitative estimate of drug-likeness (QED) is 0.641. The van der Waals surface area contributed by atoms with Gasteiger partial charge in [0.1, 0.15) is 5.75 Å². The van der Waals surface area contributed by atoms with E-state index in [1.807, 2.05) is 30.3 Å². The normalized spacial score (nSPS) is 11.0. The molecule has 3 aromatic rings. The Hall–Kier alpha value is -3.16. The Balaban J connectivity index is 1.64. The number of hydrogen-bond donors (Lipinski definition) is 2. The standard InChI is InChI=1S/C21H20N2O4S/c1-27-19-11-7-17(8-12-19)21(24)23-18-9-13-20(14-10-18)28(25,26)22-15-16-5-3-2-4-6-16/h2-14,22H,15H2,1H3,(H,23,24). The summed E-state index contributed by atoms with van der Waals surface area (Å²) in [6, 6.07) is 22.0. The topological polar surface area (TPSA) is 84.5 Å². The van der Waals surface area contributed by atoms with E-state index in [2.05, 4.69) is 10.0 Å². The average Bonchev–Trinajstić information content (AvgIpc) is 2.73. The first-order valence-electron chi connectivity index (χ1n) is 8.57. The number of sulfonamides is 1. The molecule has 0 heterocycles. The molecule has 2 N–H and O–H groups in total. The van der Waals surface area contributed by atoms with Crippen LogP contribution in [0.5, 0.6) is 5.75 Å². The molecule has 0 saturated carbocycles. The fourth-order valence-corrected chi connectivity index (χ4v) is 3.54. The van der Waals surface area contributed by atoms with Gasteiger partial charge in [-0.3, -0.25) is 4.79 Å². The lowest BCUT2D eigenvalue weighted by atomic mass is 10.2. The second-order valence-electron chi connectivity index (χ2n) is 6.02. The summed E-state index contributed by atoms with van der Waals surface area (Å²) >= 11 is 0. The van der Waals surface area contributed by atoms with Crippen molar-refractivity contribution in [1.29, 1.82) is 0 Å². The molecule has 0 aromatic heterocycles. The molecule has 0 bridgehead atoms. The van der Waals surface area contributed by atoms with Crippen molar-refractivity contribution in [3.05, 3.63) is 90.0 Å². The minimum absolute atomic E-state index is 0.130. The van der Waals surface area contributed by atoms with Crippen LogP contribution in [0.2, 0.25) is 0 Å². The molecule has 0 atom stereocenters. The smallest absolute Gasteiger partial charge is 0.255 e. The largest absolute Gasteiger partial charge is 0.497 e. The highest BCUT2D eigenvalue weighted by atomic mass is 32.2. The van der Waals surface area contributed by atoms with Crippen molar-refractivity contribution in [3.8, 4) is 5.75 Å². The van der Waals surface area contributed by atoms with Gasteiger partial charge in [-0.1, -0.05) is 30.3 Å². The Morgan fingerprint density at radius 1 is 0.893 bits per heavy atom. The first-order chi connectivity index (χ1) is 13.5. The van der Waals surface area contributed by atoms with E-state index in [9.17, 15) is 13.2 Å². The number of carbonyl (C=O) groups excluding carboxylic acids is 1. The monoisotopic (exact) mass is 396 g/mol. The van der Waals surface area contributed by atoms with Gasteiger partial charge in [-0.15, -0.1) is 0 Å². The molecule has 3 aromatic carbocycles. The summed E-state index contributed by atoms with van der Waals surface area (Å²) in [5, 5.41) is 2.74. The molecular weight excluding hydrogens is 376 g/mol. The van der Waals surface area contributed by atoms with Crippen molar-refractivity contribution in [2.24, 2.45) is 0 Å². The van der Waals surface area contributed by atoms with Crippen LogP contribution in [0.3, 0.4) is 0 Å². The molecule has 0 aliphatic heterocycles. The lowest BCUT2D eigenvalue weighted by Crippen LogP contribution is -2.23. The second-order valence-corrected chi connectivity index (χ2v) is 7.78. The van der Waals surface area contributed by atoms with Crippen LogP contribution in [0, 0.1) is 0 Å². The van der Waals surface area contributed by atoms with Crippen molar-refractivity contribution < 1.29 is 17.9 Å². The molecule has 0 aliphatic carbocycles. The highest BCUT2D eigenvalue weighted by Gasteiger charge is 2.14. The van der Waals surface area contributed by atoms with Gasteiger partial charge >= 0.3 is 0 Å². The van der Waals surface area contributed by atoms with Crippen molar-refractivity contribution in [3.63, 3.8) is 0 Å². The predicted octanol–water partition coefficient (Wildman–Crippen LogP) is 3.43. The lowest BCUT2D eigenvalue weighted by Gasteiger charge is -2.09. The van der Waals surface area contributed by atoms with E-state index in [4.69, 9.17) is 4.74 Å². The number of amides is 1. The molecule has 0 aliphatic rings. The highest BCUT2D eigenvalue weighted by Crippen LogP contribution is 2.17. The fourth-order valence-electron chi connectivity index (χ4n) is 2.52. The van der Waals surface area contributed by atoms with Gasteiger partial charge in [-0.05, 0) is 54.1 Å². The Kier molecular flexibility index (Phi) is 6.08. The number of methoxy groups -OCH3 is 1. The number of rotatable bonds is 7. The SMILES string of the molecule is COc1ccc(C(=O)Nc2ccc(S(=O)(=O)NCc3ccccc3)cc2)cc1. The third kappa shape index (κ3) is 4.97. The Morgan fingerprint density at radius 3 is 2.14 bits per heavy atom. The molecule has 6 nitrogen and oxygen atoms in total. The molecule has 0 unspecified atom stereocenters. The molecule has 28 heavy (non-hydrogen) atoms. The first-order valence-corrected chi connectivity index (χ1v) is 10.1. The van der Waals surface area contributed by atoms with Crippen molar-refractivity contribution >= 4 is 21.6 Å². The molecule has 7 heteroatoms. The van der Waals surface area contributed by atoms with Gasteiger partial charge in [-0.25, -0.2) is 13.1 Å². The van der Waals surface area contributed by atoms with Crippen LogP contribution in [0.1, 0.15) is 15.9 Å². The first kappa shape index (κ1) is 19.6. The Labute approximate surface area is 164 Å². The number of benzene rings is 3. The van der Waals surface area contributed by atoms with Crippen LogP contribution in [0.15, 0.2) is 83.8 Å². The summed E-state index contributed by atoms with van der Waals surface area (Å²) in [6.07, 6.45) is 0. The highest BCUT2D eigenvalue weighted by molar-refractivity contribution is 7.89. The maximum Gasteiger partial charge on any atom is 0.255 e. The van der Waals surface area contributed by atoms with Crippen LogP contribution in [-0.2, 0) is 16.6 Å². The maximum absolute atomic E-state index is 12.4. The second kappa shape index (κ2) is 8.69. The minimum Gasteiger partial charge on any atom is -0.497 e. The van der Waals surface area contributed by atoms with Crippen LogP contribution >= 0.6 is 0 Å². The van der Waals surface area contributed by atoms with Crippen molar-refractivity contribution in [1.82, 2.24) is 4.72 Å². The number of hydrogen-bond acceptors (Lipinski definition) is 4. The van der Waals surface area contributed by atoms with E-state index in [0.29, 0.717) is 17.0 Å². The van der Waals surface area contributed by atoms with Crippen LogP contribution in [-0.4, -0.2) is 21.4 Å². The van der Waals surface area contributed by atoms with Gasteiger partial charge < -0.3 is 10.1 Å². The van der Waals surface area contributed by atoms with E-state index in [-0.39, 0.29) is 17.3 Å². The third-order valence-electron chi connectivity index (χ3n) is 4.08. The fraction of sp³-hybridized carbons (Fsp3) is 0.0952. The van der Waals surface area contributed by atoms with Crippen molar-refractivity contribution in [2.45, 2.75) is 11.4 Å². The molecular formula is C21H20N2O4S. The molecule has 0 fully saturated rings. The number of ether oxygens (including phenoxy) is 1. The van der Waals surface area contributed by atoms with Crippen LogP contribution < -0.4 is 14.8 Å². The summed E-state index contributed by atoms with van der Waals surface area (Å²) in [7, 11) is -2.09. The van der Waals surface area contributed by atoms with Gasteiger partial charge in [0.25, 0.3) is 5.91 Å². The van der Waals surface area contributed by atoms with E-state index in [0.717, 1.165) is 5.56 Å². The van der Waals surface area contributed by atoms with E-state index in [1.54, 1.807) is 43.5 Å². The van der Waals surface area contributed by atoms with E-state index in [1.165, 1.54) is 12.1 Å². The van der Waals surface area contributed by atoms with Gasteiger partial charge in [0.2, 0.25) is 10.0 Å². The summed E-state index contributed by atoms with van der Waals surface area (Å²) in [4.78, 5) is 12.4. The number of nitrogens with one attached hydrogen (secondary N) is 2. The predicted molar refractivity (Wildman–Crippen MR) is 108 cm³/mol. The van der Waals surface area contributed by atoms with E-state index < -0.39 is 10.0 Å². The van der Waals surface area contributed by atoms with Gasteiger partial charge in [0.15, 0.2) is 0 Å². The Bertz CT molecular complexity index is 1030. The van der Waals surface area contributed by atoms with Crippen molar-refractivity contribution in [2.75, 3.05) is 12.4 Å². The molecule has 0 spiro atoms. The summed E-state index contributed by atoms with van der Waals surface area (Å²) < 4.78 is 32.4.